The highest BCUT2D eigenvalue weighted by Gasteiger charge is 2.17. The number of anilines is 1. The van der Waals surface area contributed by atoms with Gasteiger partial charge in [0.25, 0.3) is 0 Å². The first-order valence-electron chi connectivity index (χ1n) is 9.75. The fraction of sp³-hybridized carbons (Fsp3) is 0.125. The molecule has 7 nitrogen and oxygen atoms in total. The Morgan fingerprint density at radius 3 is 2.23 bits per heavy atom. The lowest BCUT2D eigenvalue weighted by Gasteiger charge is -2.12. The summed E-state index contributed by atoms with van der Waals surface area (Å²) in [7, 11) is 3.12. The van der Waals surface area contributed by atoms with Gasteiger partial charge in [0.2, 0.25) is 5.91 Å². The molecule has 0 fully saturated rings. The van der Waals surface area contributed by atoms with Crippen LogP contribution >= 0.6 is 0 Å². The Hall–Kier alpha value is -4.13. The first kappa shape index (κ1) is 20.2. The molecule has 0 saturated heterocycles. The molecule has 1 amide bonds. The fourth-order valence-electron chi connectivity index (χ4n) is 3.20. The normalized spacial score (nSPS) is 10.5. The molecule has 156 valence electrons. The fourth-order valence-corrected chi connectivity index (χ4v) is 3.20. The number of ether oxygens (including phenoxy) is 2. The predicted octanol–water partition coefficient (Wildman–Crippen LogP) is 4.27. The minimum Gasteiger partial charge on any atom is -0.497 e. The molecule has 0 unspecified atom stereocenters. The largest absolute Gasteiger partial charge is 0.497 e. The van der Waals surface area contributed by atoms with E-state index in [0.717, 1.165) is 11.1 Å². The van der Waals surface area contributed by atoms with Gasteiger partial charge in [0.05, 0.1) is 19.9 Å². The lowest BCUT2D eigenvalue weighted by Crippen LogP contribution is -2.20. The van der Waals surface area contributed by atoms with Crippen molar-refractivity contribution in [1.29, 1.82) is 0 Å². The zero-order valence-corrected chi connectivity index (χ0v) is 17.3. The van der Waals surface area contributed by atoms with Gasteiger partial charge in [-0.15, -0.1) is 5.10 Å². The monoisotopic (exact) mass is 414 g/mol. The standard InChI is InChI=1S/C24H22N4O3/c1-30-19-13-14-21(31-2)20(15-19)25-22(29)16-28-24(18-11-7-4-8-12-18)26-23(27-28)17-9-5-3-6-10-17/h3-15H,16H2,1-2H3,(H,25,29). The molecule has 0 bridgehead atoms. The summed E-state index contributed by atoms with van der Waals surface area (Å²) in [6, 6.07) is 24.6. The van der Waals surface area contributed by atoms with Gasteiger partial charge in [0.1, 0.15) is 18.0 Å². The van der Waals surface area contributed by atoms with Gasteiger partial charge in [0.15, 0.2) is 11.6 Å². The number of carbonyl (C=O) groups is 1. The number of carbonyl (C=O) groups excluding carboxylic acids is 1. The van der Waals surface area contributed by atoms with Crippen LogP contribution in [-0.4, -0.2) is 34.9 Å². The van der Waals surface area contributed by atoms with E-state index < -0.39 is 0 Å². The molecule has 0 radical (unpaired) electrons. The smallest absolute Gasteiger partial charge is 0.246 e. The van der Waals surface area contributed by atoms with Crippen molar-refractivity contribution in [2.75, 3.05) is 19.5 Å². The number of hydrogen-bond acceptors (Lipinski definition) is 5. The van der Waals surface area contributed by atoms with E-state index in [1.54, 1.807) is 37.1 Å². The number of nitrogens with zero attached hydrogens (tertiary/aromatic N) is 3. The maximum absolute atomic E-state index is 12.9. The van der Waals surface area contributed by atoms with E-state index in [9.17, 15) is 4.79 Å². The average Bonchev–Trinajstić information content (AvgIpc) is 3.23. The second-order valence-corrected chi connectivity index (χ2v) is 6.76. The Kier molecular flexibility index (Phi) is 5.93. The van der Waals surface area contributed by atoms with E-state index in [-0.39, 0.29) is 12.5 Å². The highest BCUT2D eigenvalue weighted by molar-refractivity contribution is 5.92. The molecule has 1 N–H and O–H groups in total. The van der Waals surface area contributed by atoms with Crippen LogP contribution in [0.1, 0.15) is 0 Å². The lowest BCUT2D eigenvalue weighted by molar-refractivity contribution is -0.116. The summed E-state index contributed by atoms with van der Waals surface area (Å²) >= 11 is 0. The molecule has 1 aromatic heterocycles. The van der Waals surface area contributed by atoms with E-state index in [0.29, 0.717) is 28.8 Å². The van der Waals surface area contributed by atoms with Crippen molar-refractivity contribution in [3.05, 3.63) is 78.9 Å². The molecular formula is C24H22N4O3. The van der Waals surface area contributed by atoms with Crippen LogP contribution in [0.5, 0.6) is 11.5 Å². The van der Waals surface area contributed by atoms with E-state index in [2.05, 4.69) is 10.4 Å². The van der Waals surface area contributed by atoms with Crippen molar-refractivity contribution in [2.24, 2.45) is 0 Å². The van der Waals surface area contributed by atoms with Crippen LogP contribution in [0.15, 0.2) is 78.9 Å². The number of benzene rings is 3. The topological polar surface area (TPSA) is 78.3 Å². The summed E-state index contributed by atoms with van der Waals surface area (Å²) in [5.74, 6) is 2.08. The summed E-state index contributed by atoms with van der Waals surface area (Å²) in [4.78, 5) is 17.6. The van der Waals surface area contributed by atoms with Crippen molar-refractivity contribution < 1.29 is 14.3 Å². The molecule has 7 heteroatoms. The van der Waals surface area contributed by atoms with E-state index in [1.165, 1.54) is 0 Å². The maximum atomic E-state index is 12.9. The Balaban J connectivity index is 1.64. The average molecular weight is 414 g/mol. The van der Waals surface area contributed by atoms with Gasteiger partial charge in [-0.2, -0.15) is 0 Å². The molecule has 31 heavy (non-hydrogen) atoms. The third kappa shape index (κ3) is 4.56. The van der Waals surface area contributed by atoms with Crippen LogP contribution in [0, 0.1) is 0 Å². The van der Waals surface area contributed by atoms with Crippen LogP contribution < -0.4 is 14.8 Å². The van der Waals surface area contributed by atoms with Gasteiger partial charge < -0.3 is 14.8 Å². The quantitative estimate of drug-likeness (QED) is 0.489. The van der Waals surface area contributed by atoms with Gasteiger partial charge in [-0.05, 0) is 12.1 Å². The molecule has 4 rings (SSSR count). The summed E-state index contributed by atoms with van der Waals surface area (Å²) in [6.45, 7) is -0.00950. The minimum atomic E-state index is -0.256. The summed E-state index contributed by atoms with van der Waals surface area (Å²) < 4.78 is 12.2. The van der Waals surface area contributed by atoms with Crippen molar-refractivity contribution in [3.63, 3.8) is 0 Å². The second kappa shape index (κ2) is 9.13. The molecule has 3 aromatic carbocycles. The Labute approximate surface area is 180 Å². The molecule has 0 saturated carbocycles. The maximum Gasteiger partial charge on any atom is 0.246 e. The summed E-state index contributed by atoms with van der Waals surface area (Å²) in [5, 5.41) is 7.48. The van der Waals surface area contributed by atoms with E-state index in [1.807, 2.05) is 60.7 Å². The molecule has 0 aliphatic rings. The van der Waals surface area contributed by atoms with Gasteiger partial charge in [0, 0.05) is 17.2 Å². The van der Waals surface area contributed by atoms with E-state index >= 15 is 0 Å². The second-order valence-electron chi connectivity index (χ2n) is 6.76. The van der Waals surface area contributed by atoms with Crippen molar-refractivity contribution in [3.8, 4) is 34.3 Å². The SMILES string of the molecule is COc1ccc(OC)c(NC(=O)Cn2nc(-c3ccccc3)nc2-c2ccccc2)c1. The first-order chi connectivity index (χ1) is 15.2. The highest BCUT2D eigenvalue weighted by atomic mass is 16.5. The lowest BCUT2D eigenvalue weighted by atomic mass is 10.2. The van der Waals surface area contributed by atoms with Crippen LogP contribution in [0.2, 0.25) is 0 Å². The zero-order chi connectivity index (χ0) is 21.6. The first-order valence-corrected chi connectivity index (χ1v) is 9.75. The van der Waals surface area contributed by atoms with E-state index in [4.69, 9.17) is 14.5 Å². The van der Waals surface area contributed by atoms with Crippen molar-refractivity contribution in [2.45, 2.75) is 6.54 Å². The third-order valence-electron chi connectivity index (χ3n) is 4.71. The molecule has 1 heterocycles. The minimum absolute atomic E-state index is 0.00950. The molecule has 0 aliphatic carbocycles. The van der Waals surface area contributed by atoms with Gasteiger partial charge in [-0.25, -0.2) is 9.67 Å². The van der Waals surface area contributed by atoms with Crippen LogP contribution in [0.25, 0.3) is 22.8 Å². The summed E-state index contributed by atoms with van der Waals surface area (Å²) in [6.07, 6.45) is 0. The highest BCUT2D eigenvalue weighted by Crippen LogP contribution is 2.29. The van der Waals surface area contributed by atoms with Crippen LogP contribution in [-0.2, 0) is 11.3 Å². The predicted molar refractivity (Wildman–Crippen MR) is 119 cm³/mol. The molecular weight excluding hydrogens is 392 g/mol. The van der Waals surface area contributed by atoms with Crippen LogP contribution in [0.3, 0.4) is 0 Å². The summed E-state index contributed by atoms with van der Waals surface area (Å²) in [5.41, 5.74) is 2.29. The zero-order valence-electron chi connectivity index (χ0n) is 17.3. The van der Waals surface area contributed by atoms with Gasteiger partial charge >= 0.3 is 0 Å². The molecule has 0 atom stereocenters. The Morgan fingerprint density at radius 1 is 0.903 bits per heavy atom. The van der Waals surface area contributed by atoms with Gasteiger partial charge in [-0.3, -0.25) is 4.79 Å². The number of aromatic nitrogens is 3. The number of methoxy groups -OCH3 is 2. The van der Waals surface area contributed by atoms with Crippen LogP contribution in [0.4, 0.5) is 5.69 Å². The Morgan fingerprint density at radius 2 is 1.58 bits per heavy atom. The number of nitrogens with one attached hydrogen (secondary N) is 1. The number of hydrogen-bond donors (Lipinski definition) is 1. The Bertz CT molecular complexity index is 1170. The third-order valence-corrected chi connectivity index (χ3v) is 4.71. The van der Waals surface area contributed by atoms with Crippen molar-refractivity contribution >= 4 is 11.6 Å². The number of amides is 1. The molecule has 4 aromatic rings. The molecule has 0 aliphatic heterocycles. The number of rotatable bonds is 7. The molecule has 0 spiro atoms. The van der Waals surface area contributed by atoms with Gasteiger partial charge in [-0.1, -0.05) is 60.7 Å². The van der Waals surface area contributed by atoms with Crippen molar-refractivity contribution in [1.82, 2.24) is 14.8 Å².